The number of hydrogen-bond donors (Lipinski definition) is 2. The second-order valence-corrected chi connectivity index (χ2v) is 17.3. The Morgan fingerprint density at radius 2 is 0.810 bits per heavy atom. The van der Waals surface area contributed by atoms with E-state index in [9.17, 15) is 14.2 Å². The standard InChI is InChI=1S/C49H89O8P/c1-3-5-7-9-11-13-15-17-19-21-22-23-24-25-26-28-29-31-33-35-37-39-41-43-48(50)55-45-47(46-56-58(52,53)54)57-49(51)44-42-40-38-36-34-32-30-27-20-18-16-14-12-10-8-6-4-2/h8,10,14,16,20,27,32,34,47H,3-7,9,11-13,15,17-19,21-26,28-31,33,35-46H2,1-2H3,(H2,52,53,54)/b10-8+,16-14+,27-20+,34-32+/t47-/m1/s1. The molecule has 0 spiro atoms. The third-order valence-electron chi connectivity index (χ3n) is 10.3. The van der Waals surface area contributed by atoms with Gasteiger partial charge in [-0.1, -0.05) is 217 Å². The number of ether oxygens (including phenoxy) is 2. The highest BCUT2D eigenvalue weighted by atomic mass is 31.2. The van der Waals surface area contributed by atoms with Gasteiger partial charge in [-0.05, 0) is 51.4 Å². The summed E-state index contributed by atoms with van der Waals surface area (Å²) in [5.74, 6) is -0.913. The van der Waals surface area contributed by atoms with Gasteiger partial charge in [0.05, 0.1) is 6.61 Å². The zero-order chi connectivity index (χ0) is 42.5. The number of carbonyl (C=O) groups excluding carboxylic acids is 2. The SMILES string of the molecule is CCC/C=C/C/C=C/C/C=C/C/C=C/CCCCCC(=O)O[C@H](COC(=O)CCCCCCCCCCCCCCCCCCCCCCCCC)COP(=O)(O)O. The minimum Gasteiger partial charge on any atom is -0.462 e. The first-order valence-electron chi connectivity index (χ1n) is 23.9. The molecule has 0 aliphatic heterocycles. The monoisotopic (exact) mass is 837 g/mol. The number of phosphoric ester groups is 1. The van der Waals surface area contributed by atoms with Crippen LogP contribution in [0, 0.1) is 0 Å². The highest BCUT2D eigenvalue weighted by Gasteiger charge is 2.23. The average Bonchev–Trinajstić information content (AvgIpc) is 3.20. The Kier molecular flexibility index (Phi) is 43.0. The van der Waals surface area contributed by atoms with Crippen LogP contribution in [0.25, 0.3) is 0 Å². The van der Waals surface area contributed by atoms with Crippen LogP contribution in [0.15, 0.2) is 48.6 Å². The van der Waals surface area contributed by atoms with Gasteiger partial charge in [-0.2, -0.15) is 0 Å². The third kappa shape index (κ3) is 46.7. The number of allylic oxidation sites excluding steroid dienone is 8. The van der Waals surface area contributed by atoms with Crippen LogP contribution >= 0.6 is 7.82 Å². The molecule has 0 aliphatic rings. The Balaban J connectivity index is 3.85. The van der Waals surface area contributed by atoms with Crippen LogP contribution in [-0.4, -0.2) is 41.0 Å². The molecule has 8 nitrogen and oxygen atoms in total. The molecular weight excluding hydrogens is 748 g/mol. The second kappa shape index (κ2) is 44.6. The Hall–Kier alpha value is -1.99. The molecule has 0 saturated carbocycles. The van der Waals surface area contributed by atoms with Crippen molar-refractivity contribution in [2.45, 2.75) is 238 Å². The van der Waals surface area contributed by atoms with Crippen molar-refractivity contribution in [3.63, 3.8) is 0 Å². The fraction of sp³-hybridized carbons (Fsp3) is 0.796. The summed E-state index contributed by atoms with van der Waals surface area (Å²) in [6.45, 7) is 3.62. The quantitative estimate of drug-likeness (QED) is 0.0269. The molecule has 0 saturated heterocycles. The Bertz CT molecular complexity index is 1080. The molecule has 0 aromatic carbocycles. The summed E-state index contributed by atoms with van der Waals surface area (Å²) in [4.78, 5) is 43.0. The van der Waals surface area contributed by atoms with Crippen molar-refractivity contribution in [1.29, 1.82) is 0 Å². The van der Waals surface area contributed by atoms with Crippen molar-refractivity contribution in [3.8, 4) is 0 Å². The van der Waals surface area contributed by atoms with E-state index in [1.54, 1.807) is 0 Å². The molecule has 0 fully saturated rings. The van der Waals surface area contributed by atoms with Gasteiger partial charge in [-0.15, -0.1) is 0 Å². The van der Waals surface area contributed by atoms with Crippen LogP contribution in [0.5, 0.6) is 0 Å². The molecule has 2 N–H and O–H groups in total. The van der Waals surface area contributed by atoms with E-state index in [2.05, 4.69) is 67.0 Å². The lowest BCUT2D eigenvalue weighted by atomic mass is 10.0. The van der Waals surface area contributed by atoms with Crippen molar-refractivity contribution >= 4 is 19.8 Å². The second-order valence-electron chi connectivity index (χ2n) is 16.1. The Morgan fingerprint density at radius 3 is 1.22 bits per heavy atom. The summed E-state index contributed by atoms with van der Waals surface area (Å²) in [5.41, 5.74) is 0. The van der Waals surface area contributed by atoms with E-state index < -0.39 is 32.5 Å². The van der Waals surface area contributed by atoms with E-state index in [0.717, 1.165) is 64.2 Å². The summed E-state index contributed by atoms with van der Waals surface area (Å²) in [6.07, 6.45) is 55.6. The van der Waals surface area contributed by atoms with E-state index in [0.29, 0.717) is 6.42 Å². The third-order valence-corrected chi connectivity index (χ3v) is 10.8. The highest BCUT2D eigenvalue weighted by molar-refractivity contribution is 7.46. The maximum absolute atomic E-state index is 12.4. The van der Waals surface area contributed by atoms with E-state index in [-0.39, 0.29) is 19.4 Å². The lowest BCUT2D eigenvalue weighted by Gasteiger charge is -2.18. The van der Waals surface area contributed by atoms with Crippen molar-refractivity contribution in [3.05, 3.63) is 48.6 Å². The molecule has 0 radical (unpaired) electrons. The molecule has 1 atom stereocenters. The van der Waals surface area contributed by atoms with E-state index in [1.807, 2.05) is 0 Å². The molecule has 0 aliphatic carbocycles. The topological polar surface area (TPSA) is 119 Å². The van der Waals surface area contributed by atoms with Gasteiger partial charge in [0, 0.05) is 12.8 Å². The number of unbranched alkanes of at least 4 members (excludes halogenated alkanes) is 26. The van der Waals surface area contributed by atoms with Gasteiger partial charge < -0.3 is 19.3 Å². The molecule has 0 unspecified atom stereocenters. The molecule has 0 aromatic heterocycles. The molecule has 338 valence electrons. The lowest BCUT2D eigenvalue weighted by molar-refractivity contribution is -0.161. The first-order chi connectivity index (χ1) is 28.3. The molecule has 9 heteroatoms. The Morgan fingerprint density at radius 1 is 0.448 bits per heavy atom. The van der Waals surface area contributed by atoms with Crippen molar-refractivity contribution in [1.82, 2.24) is 0 Å². The first kappa shape index (κ1) is 56.0. The summed E-state index contributed by atoms with van der Waals surface area (Å²) in [6, 6.07) is 0. The Labute approximate surface area is 356 Å². The van der Waals surface area contributed by atoms with Gasteiger partial charge in [-0.3, -0.25) is 14.1 Å². The van der Waals surface area contributed by atoms with Crippen LogP contribution in [0.3, 0.4) is 0 Å². The van der Waals surface area contributed by atoms with Crippen LogP contribution in [0.2, 0.25) is 0 Å². The highest BCUT2D eigenvalue weighted by Crippen LogP contribution is 2.36. The largest absolute Gasteiger partial charge is 0.469 e. The fourth-order valence-corrected chi connectivity index (χ4v) is 7.14. The fourth-order valence-electron chi connectivity index (χ4n) is 6.78. The molecule has 0 aromatic rings. The van der Waals surface area contributed by atoms with Crippen LogP contribution in [0.4, 0.5) is 0 Å². The average molecular weight is 837 g/mol. The molecule has 0 heterocycles. The minimum absolute atomic E-state index is 0.175. The van der Waals surface area contributed by atoms with Crippen LogP contribution in [-0.2, 0) is 28.2 Å². The summed E-state index contributed by atoms with van der Waals surface area (Å²) < 4.78 is 26.4. The molecule has 58 heavy (non-hydrogen) atoms. The number of phosphoric acid groups is 1. The van der Waals surface area contributed by atoms with E-state index in [1.165, 1.54) is 135 Å². The number of rotatable bonds is 44. The van der Waals surface area contributed by atoms with Gasteiger partial charge in [0.25, 0.3) is 0 Å². The summed E-state index contributed by atoms with van der Waals surface area (Å²) in [5, 5.41) is 0. The van der Waals surface area contributed by atoms with Gasteiger partial charge in [-0.25, -0.2) is 4.57 Å². The molecule has 0 amide bonds. The summed E-state index contributed by atoms with van der Waals surface area (Å²) in [7, 11) is -4.77. The zero-order valence-electron chi connectivity index (χ0n) is 37.4. The normalized spacial score (nSPS) is 12.8. The first-order valence-corrected chi connectivity index (χ1v) is 25.5. The number of hydrogen-bond acceptors (Lipinski definition) is 6. The van der Waals surface area contributed by atoms with Crippen LogP contribution < -0.4 is 0 Å². The van der Waals surface area contributed by atoms with Crippen molar-refractivity contribution < 1.29 is 37.9 Å². The van der Waals surface area contributed by atoms with Crippen molar-refractivity contribution in [2.24, 2.45) is 0 Å². The van der Waals surface area contributed by atoms with Gasteiger partial charge in [0.15, 0.2) is 6.10 Å². The maximum atomic E-state index is 12.4. The molecule has 0 bridgehead atoms. The van der Waals surface area contributed by atoms with Crippen molar-refractivity contribution in [2.75, 3.05) is 13.2 Å². The van der Waals surface area contributed by atoms with E-state index >= 15 is 0 Å². The zero-order valence-corrected chi connectivity index (χ0v) is 38.3. The molecular formula is C49H89O8P. The predicted octanol–water partition coefficient (Wildman–Crippen LogP) is 15.1. The maximum Gasteiger partial charge on any atom is 0.469 e. The van der Waals surface area contributed by atoms with E-state index in [4.69, 9.17) is 19.3 Å². The number of esters is 2. The summed E-state index contributed by atoms with van der Waals surface area (Å²) >= 11 is 0. The van der Waals surface area contributed by atoms with Gasteiger partial charge in [0.1, 0.15) is 6.61 Å². The smallest absolute Gasteiger partial charge is 0.462 e. The van der Waals surface area contributed by atoms with Gasteiger partial charge >= 0.3 is 19.8 Å². The minimum atomic E-state index is -4.77. The predicted molar refractivity (Wildman–Crippen MR) is 244 cm³/mol. The van der Waals surface area contributed by atoms with Gasteiger partial charge in [0.2, 0.25) is 0 Å². The number of carbonyl (C=O) groups is 2. The van der Waals surface area contributed by atoms with Crippen LogP contribution in [0.1, 0.15) is 232 Å². The molecule has 0 rings (SSSR count). The lowest BCUT2D eigenvalue weighted by Crippen LogP contribution is -2.29.